The highest BCUT2D eigenvalue weighted by Crippen LogP contribution is 2.04. The number of hydrogen-bond donors (Lipinski definition) is 2. The zero-order valence-corrected chi connectivity index (χ0v) is 5.45. The number of rotatable bonds is 1. The molecule has 0 radical (unpaired) electrons. The van der Waals surface area contributed by atoms with Gasteiger partial charge in [0, 0.05) is 12.4 Å². The van der Waals surface area contributed by atoms with Crippen molar-refractivity contribution in [2.45, 2.75) is 6.29 Å². The van der Waals surface area contributed by atoms with Crippen LogP contribution in [-0.4, -0.2) is 17.9 Å². The maximum absolute atomic E-state index is 5.12. The quantitative estimate of drug-likeness (QED) is 0.522. The lowest BCUT2D eigenvalue weighted by molar-refractivity contribution is -0.120. The van der Waals surface area contributed by atoms with E-state index in [0.717, 1.165) is 6.54 Å². The molecule has 0 atom stereocenters. The largest absolute Gasteiger partial charge is 0.410 e. The van der Waals surface area contributed by atoms with Crippen molar-refractivity contribution >= 4 is 0 Å². The van der Waals surface area contributed by atoms with E-state index in [-0.39, 0.29) is 6.29 Å². The number of nitrogens with one attached hydrogen (secondary N) is 2. The fourth-order valence-corrected chi connectivity index (χ4v) is 0.970. The van der Waals surface area contributed by atoms with Gasteiger partial charge in [0.15, 0.2) is 6.29 Å². The Kier molecular flexibility index (Phi) is 1.25. The summed E-state index contributed by atoms with van der Waals surface area (Å²) in [7, 11) is 0. The van der Waals surface area contributed by atoms with Crippen LogP contribution in [0.2, 0.25) is 0 Å². The summed E-state index contributed by atoms with van der Waals surface area (Å²) in [5.74, 6) is 0. The summed E-state index contributed by atoms with van der Waals surface area (Å²) in [4.78, 5) is 5.12. The first-order valence-corrected chi connectivity index (χ1v) is 3.22. The molecule has 2 rings (SSSR count). The van der Waals surface area contributed by atoms with Crippen molar-refractivity contribution in [2.75, 3.05) is 6.54 Å². The molecule has 2 N–H and O–H groups in total. The highest BCUT2D eigenvalue weighted by atomic mass is 16.7. The Labute approximate surface area is 59.1 Å². The van der Waals surface area contributed by atoms with Gasteiger partial charge in [-0.3, -0.25) is 0 Å². The van der Waals surface area contributed by atoms with Crippen LogP contribution in [0.15, 0.2) is 24.7 Å². The number of hydrogen-bond acceptors (Lipinski definition) is 4. The van der Waals surface area contributed by atoms with Crippen molar-refractivity contribution in [1.82, 2.24) is 15.7 Å². The Hall–Kier alpha value is -1.16. The number of hydroxylamine groups is 2. The fourth-order valence-electron chi connectivity index (χ4n) is 0.970. The lowest BCUT2D eigenvalue weighted by Crippen LogP contribution is -2.46. The Morgan fingerprint density at radius 3 is 2.80 bits per heavy atom. The standard InChI is InChI=1S/C6H9N3O/c1-4-9(10-5-1)6-7-2-3-8-6/h1-3,5-8H,4H2. The van der Waals surface area contributed by atoms with E-state index in [2.05, 4.69) is 10.6 Å². The molecule has 10 heavy (non-hydrogen) atoms. The first kappa shape index (κ1) is 5.61. The van der Waals surface area contributed by atoms with Gasteiger partial charge in [0.1, 0.15) is 6.26 Å². The molecule has 0 aromatic heterocycles. The van der Waals surface area contributed by atoms with Crippen molar-refractivity contribution in [1.29, 1.82) is 0 Å². The maximum atomic E-state index is 5.12. The second-order valence-corrected chi connectivity index (χ2v) is 2.15. The number of nitrogens with zero attached hydrogens (tertiary/aromatic N) is 1. The summed E-state index contributed by atoms with van der Waals surface area (Å²) in [6, 6.07) is 0. The molecule has 2 aliphatic heterocycles. The Bertz CT molecular complexity index is 142. The lowest BCUT2D eigenvalue weighted by atomic mass is 10.6. The van der Waals surface area contributed by atoms with Crippen molar-refractivity contribution in [3.05, 3.63) is 24.7 Å². The SMILES string of the molecule is C1=CON(C2NC=CN2)C1. The summed E-state index contributed by atoms with van der Waals surface area (Å²) in [6.45, 7) is 0.826. The topological polar surface area (TPSA) is 36.5 Å². The maximum Gasteiger partial charge on any atom is 0.187 e. The molecule has 4 nitrogen and oxygen atoms in total. The zero-order chi connectivity index (χ0) is 6.81. The molecule has 0 aromatic rings. The molecule has 0 aromatic carbocycles. The van der Waals surface area contributed by atoms with E-state index < -0.39 is 0 Å². The van der Waals surface area contributed by atoms with Gasteiger partial charge in [-0.05, 0) is 6.08 Å². The van der Waals surface area contributed by atoms with E-state index >= 15 is 0 Å². The van der Waals surface area contributed by atoms with Crippen LogP contribution in [0, 0.1) is 0 Å². The fraction of sp³-hybridized carbons (Fsp3) is 0.333. The molecular weight excluding hydrogens is 130 g/mol. The van der Waals surface area contributed by atoms with Crippen LogP contribution in [-0.2, 0) is 4.84 Å². The smallest absolute Gasteiger partial charge is 0.187 e. The molecule has 0 aliphatic carbocycles. The average molecular weight is 139 g/mol. The van der Waals surface area contributed by atoms with E-state index in [0.29, 0.717) is 0 Å². The predicted molar refractivity (Wildman–Crippen MR) is 36.1 cm³/mol. The molecule has 0 bridgehead atoms. The molecular formula is C6H9N3O. The molecule has 4 heteroatoms. The summed E-state index contributed by atoms with van der Waals surface area (Å²) in [6.07, 6.45) is 7.44. The summed E-state index contributed by atoms with van der Waals surface area (Å²) in [5, 5.41) is 7.94. The monoisotopic (exact) mass is 139 g/mol. The second-order valence-electron chi connectivity index (χ2n) is 2.15. The van der Waals surface area contributed by atoms with Crippen molar-refractivity contribution in [3.8, 4) is 0 Å². The molecule has 2 aliphatic rings. The summed E-state index contributed by atoms with van der Waals surface area (Å²) >= 11 is 0. The Balaban J connectivity index is 1.89. The third-order valence-electron chi connectivity index (χ3n) is 1.46. The molecule has 0 saturated heterocycles. The van der Waals surface area contributed by atoms with Gasteiger partial charge in [-0.1, -0.05) is 5.06 Å². The molecule has 0 fully saturated rings. The van der Waals surface area contributed by atoms with E-state index in [9.17, 15) is 0 Å². The van der Waals surface area contributed by atoms with Crippen LogP contribution >= 0.6 is 0 Å². The molecule has 0 spiro atoms. The minimum absolute atomic E-state index is 0.0926. The highest BCUT2D eigenvalue weighted by Gasteiger charge is 2.20. The van der Waals surface area contributed by atoms with Crippen molar-refractivity contribution in [2.24, 2.45) is 0 Å². The molecule has 0 amide bonds. The Morgan fingerprint density at radius 2 is 2.20 bits per heavy atom. The van der Waals surface area contributed by atoms with E-state index in [4.69, 9.17) is 4.84 Å². The van der Waals surface area contributed by atoms with Crippen molar-refractivity contribution < 1.29 is 4.84 Å². The van der Waals surface area contributed by atoms with Crippen LogP contribution in [0.25, 0.3) is 0 Å². The van der Waals surface area contributed by atoms with E-state index in [1.54, 1.807) is 11.3 Å². The zero-order valence-electron chi connectivity index (χ0n) is 5.45. The van der Waals surface area contributed by atoms with Crippen LogP contribution in [0.5, 0.6) is 0 Å². The normalized spacial score (nSPS) is 24.4. The van der Waals surface area contributed by atoms with Gasteiger partial charge in [-0.2, -0.15) is 0 Å². The molecule has 54 valence electrons. The van der Waals surface area contributed by atoms with E-state index in [1.807, 2.05) is 18.5 Å². The van der Waals surface area contributed by atoms with Gasteiger partial charge in [0.25, 0.3) is 0 Å². The predicted octanol–water partition coefficient (Wildman–Crippen LogP) is -0.305. The minimum Gasteiger partial charge on any atom is -0.410 e. The Morgan fingerprint density at radius 1 is 1.40 bits per heavy atom. The van der Waals surface area contributed by atoms with E-state index in [1.165, 1.54) is 0 Å². The molecule has 2 heterocycles. The first-order valence-electron chi connectivity index (χ1n) is 3.22. The van der Waals surface area contributed by atoms with Crippen LogP contribution in [0.1, 0.15) is 0 Å². The average Bonchev–Trinajstić information content (AvgIpc) is 2.59. The third kappa shape index (κ3) is 0.823. The highest BCUT2D eigenvalue weighted by molar-refractivity contribution is 4.92. The first-order chi connectivity index (χ1) is 4.97. The molecule has 0 saturated carbocycles. The third-order valence-corrected chi connectivity index (χ3v) is 1.46. The van der Waals surface area contributed by atoms with Gasteiger partial charge in [-0.25, -0.2) is 0 Å². The summed E-state index contributed by atoms with van der Waals surface area (Å²) < 4.78 is 0. The van der Waals surface area contributed by atoms with Crippen molar-refractivity contribution in [3.63, 3.8) is 0 Å². The molecule has 0 unspecified atom stereocenters. The lowest BCUT2D eigenvalue weighted by Gasteiger charge is -2.22. The second kappa shape index (κ2) is 2.22. The summed E-state index contributed by atoms with van der Waals surface area (Å²) in [5.41, 5.74) is 0. The van der Waals surface area contributed by atoms with Crippen LogP contribution in [0.4, 0.5) is 0 Å². The van der Waals surface area contributed by atoms with Gasteiger partial charge >= 0.3 is 0 Å². The van der Waals surface area contributed by atoms with Crippen LogP contribution in [0.3, 0.4) is 0 Å². The minimum atomic E-state index is 0.0926. The van der Waals surface area contributed by atoms with Gasteiger partial charge in [0.05, 0.1) is 6.54 Å². The van der Waals surface area contributed by atoms with Gasteiger partial charge < -0.3 is 15.5 Å². The van der Waals surface area contributed by atoms with Gasteiger partial charge in [0.2, 0.25) is 0 Å². The van der Waals surface area contributed by atoms with Gasteiger partial charge in [-0.15, -0.1) is 0 Å². The van der Waals surface area contributed by atoms with Crippen LogP contribution < -0.4 is 10.6 Å².